The van der Waals surface area contributed by atoms with Crippen molar-refractivity contribution in [3.63, 3.8) is 0 Å². The van der Waals surface area contributed by atoms with Crippen LogP contribution in [0.15, 0.2) is 60.9 Å². The van der Waals surface area contributed by atoms with Gasteiger partial charge in [-0.2, -0.15) is 5.10 Å². The van der Waals surface area contributed by atoms with Crippen LogP contribution in [0.4, 0.5) is 11.4 Å². The summed E-state index contributed by atoms with van der Waals surface area (Å²) >= 11 is 0. The van der Waals surface area contributed by atoms with E-state index >= 15 is 0 Å². The van der Waals surface area contributed by atoms with E-state index in [0.717, 1.165) is 28.2 Å². The summed E-state index contributed by atoms with van der Waals surface area (Å²) in [6, 6.07) is 16.5. The zero-order chi connectivity index (χ0) is 26.1. The summed E-state index contributed by atoms with van der Waals surface area (Å²) in [6.45, 7) is 8.34. The maximum Gasteiger partial charge on any atom is 0.229 e. The van der Waals surface area contributed by atoms with E-state index in [4.69, 9.17) is 4.74 Å². The number of amides is 2. The standard InChI is InChI=1S/C28H28N6O3/c1-17-5-9-23(10-6-17)33-15-21(13-27(33)35)28(36)31-22-7-11-24(12-8-22)37-26-14-25(29-16-30-26)34-20(4)18(2)19(3)32-34/h5-12,14,16,21H,13,15H2,1-4H3,(H,31,36). The highest BCUT2D eigenvalue weighted by Gasteiger charge is 2.35. The lowest BCUT2D eigenvalue weighted by Crippen LogP contribution is -2.28. The molecule has 1 fully saturated rings. The topological polar surface area (TPSA) is 102 Å². The molecule has 0 saturated carbocycles. The first-order valence-corrected chi connectivity index (χ1v) is 12.1. The summed E-state index contributed by atoms with van der Waals surface area (Å²) in [5, 5.41) is 7.45. The number of benzene rings is 2. The number of rotatable bonds is 6. The summed E-state index contributed by atoms with van der Waals surface area (Å²) < 4.78 is 7.68. The Labute approximate surface area is 215 Å². The molecule has 1 unspecified atom stereocenters. The predicted molar refractivity (Wildman–Crippen MR) is 140 cm³/mol. The van der Waals surface area contributed by atoms with Gasteiger partial charge in [0.15, 0.2) is 5.82 Å². The molecule has 2 aromatic heterocycles. The van der Waals surface area contributed by atoms with Crippen LogP contribution in [0.5, 0.6) is 11.6 Å². The molecule has 2 aromatic carbocycles. The van der Waals surface area contributed by atoms with Crippen molar-refractivity contribution < 1.29 is 14.3 Å². The van der Waals surface area contributed by atoms with E-state index in [1.807, 2.05) is 52.0 Å². The molecule has 9 heteroatoms. The molecular formula is C28H28N6O3. The number of hydrogen-bond acceptors (Lipinski definition) is 6. The van der Waals surface area contributed by atoms with E-state index in [0.29, 0.717) is 29.7 Å². The molecular weight excluding hydrogens is 468 g/mol. The van der Waals surface area contributed by atoms with Crippen LogP contribution in [-0.4, -0.2) is 38.1 Å². The van der Waals surface area contributed by atoms with Crippen molar-refractivity contribution in [1.29, 1.82) is 0 Å². The van der Waals surface area contributed by atoms with Gasteiger partial charge in [0, 0.05) is 36.1 Å². The molecule has 2 amide bonds. The van der Waals surface area contributed by atoms with E-state index in [1.165, 1.54) is 6.33 Å². The zero-order valence-electron chi connectivity index (χ0n) is 21.2. The van der Waals surface area contributed by atoms with Gasteiger partial charge in [0.25, 0.3) is 0 Å². The van der Waals surface area contributed by atoms with Crippen molar-refractivity contribution in [2.45, 2.75) is 34.1 Å². The fourth-order valence-electron chi connectivity index (χ4n) is 4.27. The lowest BCUT2D eigenvalue weighted by atomic mass is 10.1. The first kappa shape index (κ1) is 24.2. The van der Waals surface area contributed by atoms with Crippen molar-refractivity contribution in [3.8, 4) is 17.4 Å². The van der Waals surface area contributed by atoms with Crippen LogP contribution in [0.3, 0.4) is 0 Å². The second-order valence-electron chi connectivity index (χ2n) is 9.28. The second kappa shape index (κ2) is 9.85. The summed E-state index contributed by atoms with van der Waals surface area (Å²) in [6.07, 6.45) is 1.62. The fraction of sp³-hybridized carbons (Fsp3) is 0.250. The zero-order valence-corrected chi connectivity index (χ0v) is 21.2. The molecule has 1 aliphatic heterocycles. The number of hydrogen-bond donors (Lipinski definition) is 1. The van der Waals surface area contributed by atoms with Crippen molar-refractivity contribution >= 4 is 23.2 Å². The average Bonchev–Trinajstić information content (AvgIpc) is 3.41. The minimum Gasteiger partial charge on any atom is -0.439 e. The first-order chi connectivity index (χ1) is 17.8. The molecule has 4 aromatic rings. The molecule has 188 valence electrons. The lowest BCUT2D eigenvalue weighted by molar-refractivity contribution is -0.122. The van der Waals surface area contributed by atoms with Crippen LogP contribution in [0, 0.1) is 33.6 Å². The number of nitrogens with one attached hydrogen (secondary N) is 1. The number of aromatic nitrogens is 4. The van der Waals surface area contributed by atoms with Crippen molar-refractivity contribution in [2.24, 2.45) is 5.92 Å². The highest BCUT2D eigenvalue weighted by Crippen LogP contribution is 2.27. The number of aryl methyl sites for hydroxylation is 2. The van der Waals surface area contributed by atoms with Gasteiger partial charge in [0.1, 0.15) is 12.1 Å². The van der Waals surface area contributed by atoms with Crippen molar-refractivity contribution in [1.82, 2.24) is 19.7 Å². The molecule has 0 aliphatic carbocycles. The van der Waals surface area contributed by atoms with Crippen LogP contribution in [0.25, 0.3) is 5.82 Å². The molecule has 5 rings (SSSR count). The monoisotopic (exact) mass is 496 g/mol. The lowest BCUT2D eigenvalue weighted by Gasteiger charge is -2.17. The Balaban J connectivity index is 1.22. The van der Waals surface area contributed by atoms with Crippen molar-refractivity contribution in [3.05, 3.63) is 83.4 Å². The molecule has 1 aliphatic rings. The Hall–Kier alpha value is -4.53. The maximum atomic E-state index is 12.8. The van der Waals surface area contributed by atoms with Gasteiger partial charge in [-0.1, -0.05) is 17.7 Å². The van der Waals surface area contributed by atoms with Crippen LogP contribution < -0.4 is 15.0 Å². The third-order valence-electron chi connectivity index (χ3n) is 6.68. The summed E-state index contributed by atoms with van der Waals surface area (Å²) in [7, 11) is 0. The Morgan fingerprint density at radius 2 is 1.73 bits per heavy atom. The molecule has 3 heterocycles. The number of carbonyl (C=O) groups is 2. The molecule has 37 heavy (non-hydrogen) atoms. The quantitative estimate of drug-likeness (QED) is 0.416. The molecule has 0 radical (unpaired) electrons. The van der Waals surface area contributed by atoms with Gasteiger partial charge in [-0.05, 0) is 69.7 Å². The number of nitrogens with zero attached hydrogens (tertiary/aromatic N) is 5. The third-order valence-corrected chi connectivity index (χ3v) is 6.68. The van der Waals surface area contributed by atoms with Gasteiger partial charge in [-0.25, -0.2) is 14.6 Å². The molecule has 1 N–H and O–H groups in total. The average molecular weight is 497 g/mol. The van der Waals surface area contributed by atoms with Crippen molar-refractivity contribution in [2.75, 3.05) is 16.8 Å². The highest BCUT2D eigenvalue weighted by molar-refractivity contribution is 6.03. The van der Waals surface area contributed by atoms with Gasteiger partial charge in [0.05, 0.1) is 11.6 Å². The third kappa shape index (κ3) is 5.06. The number of ether oxygens (including phenoxy) is 1. The molecule has 0 spiro atoms. The van der Waals surface area contributed by atoms with Gasteiger partial charge in [0.2, 0.25) is 17.7 Å². The smallest absolute Gasteiger partial charge is 0.229 e. The first-order valence-electron chi connectivity index (χ1n) is 12.1. The summed E-state index contributed by atoms with van der Waals surface area (Å²) in [5.74, 6) is 0.918. The van der Waals surface area contributed by atoms with Crippen LogP contribution in [0.2, 0.25) is 0 Å². The maximum absolute atomic E-state index is 12.8. The van der Waals surface area contributed by atoms with Crippen LogP contribution in [0.1, 0.15) is 28.9 Å². The molecule has 1 atom stereocenters. The minimum atomic E-state index is -0.415. The Morgan fingerprint density at radius 1 is 1.00 bits per heavy atom. The van der Waals surface area contributed by atoms with Crippen LogP contribution in [-0.2, 0) is 9.59 Å². The van der Waals surface area contributed by atoms with Crippen LogP contribution >= 0.6 is 0 Å². The highest BCUT2D eigenvalue weighted by atomic mass is 16.5. The summed E-state index contributed by atoms with van der Waals surface area (Å²) in [4.78, 5) is 35.6. The number of anilines is 2. The van der Waals surface area contributed by atoms with Gasteiger partial charge >= 0.3 is 0 Å². The normalized spacial score (nSPS) is 15.2. The van der Waals surface area contributed by atoms with Gasteiger partial charge < -0.3 is 15.0 Å². The van der Waals surface area contributed by atoms with E-state index in [1.54, 1.807) is 39.9 Å². The number of carbonyl (C=O) groups excluding carboxylic acids is 2. The van der Waals surface area contributed by atoms with Gasteiger partial charge in [-0.3, -0.25) is 9.59 Å². The van der Waals surface area contributed by atoms with E-state index in [2.05, 4.69) is 20.4 Å². The SMILES string of the molecule is Cc1ccc(N2CC(C(=O)Nc3ccc(Oc4cc(-n5nc(C)c(C)c5C)ncn4)cc3)CC2=O)cc1. The Morgan fingerprint density at radius 3 is 2.41 bits per heavy atom. The summed E-state index contributed by atoms with van der Waals surface area (Å²) in [5.41, 5.74) is 5.63. The second-order valence-corrected chi connectivity index (χ2v) is 9.28. The largest absolute Gasteiger partial charge is 0.439 e. The van der Waals surface area contributed by atoms with E-state index in [-0.39, 0.29) is 18.2 Å². The van der Waals surface area contributed by atoms with E-state index in [9.17, 15) is 9.59 Å². The van der Waals surface area contributed by atoms with E-state index < -0.39 is 5.92 Å². The Bertz CT molecular complexity index is 1460. The molecule has 1 saturated heterocycles. The molecule has 0 bridgehead atoms. The Kier molecular flexibility index (Phi) is 6.43. The molecule has 9 nitrogen and oxygen atoms in total. The minimum absolute atomic E-state index is 0.0485. The van der Waals surface area contributed by atoms with Gasteiger partial charge in [-0.15, -0.1) is 0 Å². The predicted octanol–water partition coefficient (Wildman–Crippen LogP) is 4.68. The fourth-order valence-corrected chi connectivity index (χ4v) is 4.27.